The van der Waals surface area contributed by atoms with Gasteiger partial charge in [0.1, 0.15) is 5.75 Å². The van der Waals surface area contributed by atoms with E-state index in [4.69, 9.17) is 9.47 Å². The van der Waals surface area contributed by atoms with Gasteiger partial charge >= 0.3 is 0 Å². The number of methoxy groups -OCH3 is 1. The number of likely N-dealkylation sites (tertiary alicyclic amines) is 1. The van der Waals surface area contributed by atoms with Gasteiger partial charge in [0.2, 0.25) is 5.88 Å². The molecule has 2 aliphatic rings. The van der Waals surface area contributed by atoms with Crippen molar-refractivity contribution < 1.29 is 14.3 Å². The first-order chi connectivity index (χ1) is 16.5. The Morgan fingerprint density at radius 3 is 2.50 bits per heavy atom. The lowest BCUT2D eigenvalue weighted by atomic mass is 9.90. The molecule has 1 aromatic heterocycles. The molecule has 0 radical (unpaired) electrons. The first kappa shape index (κ1) is 24.5. The average Bonchev–Trinajstić information content (AvgIpc) is 3.33. The summed E-state index contributed by atoms with van der Waals surface area (Å²) < 4.78 is 12.0. The minimum atomic E-state index is -0.696. The summed E-state index contributed by atoms with van der Waals surface area (Å²) in [6.45, 7) is 3.09. The largest absolute Gasteiger partial charge is 0.481 e. The number of hydrogen-bond donors (Lipinski definition) is 0. The average molecular weight is 466 g/mol. The first-order valence-corrected chi connectivity index (χ1v) is 12.7. The van der Waals surface area contributed by atoms with Gasteiger partial charge < -0.3 is 14.4 Å². The Balaban J connectivity index is 1.32. The molecule has 6 nitrogen and oxygen atoms in total. The second-order valence-electron chi connectivity index (χ2n) is 10.0. The molecule has 184 valence electrons. The van der Waals surface area contributed by atoms with Crippen LogP contribution in [0.1, 0.15) is 56.1 Å². The maximum absolute atomic E-state index is 13.0. The molecular formula is C28H39N3O3. The minimum Gasteiger partial charge on any atom is -0.481 e. The molecule has 1 aromatic carbocycles. The highest BCUT2D eigenvalue weighted by atomic mass is 16.5. The molecule has 4 rings (SSSR count). The number of pyridine rings is 1. The van der Waals surface area contributed by atoms with E-state index in [1.54, 1.807) is 18.2 Å². The fraction of sp³-hybridized carbons (Fsp3) is 0.571. The van der Waals surface area contributed by atoms with E-state index in [2.05, 4.69) is 28.1 Å². The van der Waals surface area contributed by atoms with E-state index in [-0.39, 0.29) is 5.91 Å². The Kier molecular flexibility index (Phi) is 8.09. The number of aromatic nitrogens is 1. The Morgan fingerprint density at radius 2 is 1.79 bits per heavy atom. The summed E-state index contributed by atoms with van der Waals surface area (Å²) in [5.74, 6) is 2.43. The summed E-state index contributed by atoms with van der Waals surface area (Å²) in [5, 5.41) is 0. The van der Waals surface area contributed by atoms with Gasteiger partial charge in [-0.1, -0.05) is 24.3 Å². The lowest BCUT2D eigenvalue weighted by molar-refractivity contribution is -0.145. The highest BCUT2D eigenvalue weighted by molar-refractivity contribution is 5.85. The van der Waals surface area contributed by atoms with Crippen LogP contribution < -0.4 is 9.47 Å². The van der Waals surface area contributed by atoms with Gasteiger partial charge in [0, 0.05) is 32.4 Å². The van der Waals surface area contributed by atoms with Gasteiger partial charge in [-0.3, -0.25) is 9.69 Å². The maximum Gasteiger partial charge on any atom is 0.266 e. The van der Waals surface area contributed by atoms with Crippen LogP contribution in [0.5, 0.6) is 11.6 Å². The van der Waals surface area contributed by atoms with E-state index in [1.165, 1.54) is 18.4 Å². The van der Waals surface area contributed by atoms with E-state index in [9.17, 15) is 4.79 Å². The van der Waals surface area contributed by atoms with Crippen LogP contribution in [0.3, 0.4) is 0 Å². The number of rotatable bonds is 9. The predicted molar refractivity (Wildman–Crippen MR) is 134 cm³/mol. The number of piperidine rings is 1. The molecular weight excluding hydrogens is 426 g/mol. The lowest BCUT2D eigenvalue weighted by Gasteiger charge is -2.33. The highest BCUT2D eigenvalue weighted by Gasteiger charge is 2.44. The zero-order valence-corrected chi connectivity index (χ0v) is 21.0. The summed E-state index contributed by atoms with van der Waals surface area (Å²) in [4.78, 5) is 21.5. The van der Waals surface area contributed by atoms with E-state index in [1.807, 2.05) is 32.3 Å². The van der Waals surface area contributed by atoms with Crippen molar-refractivity contribution in [3.05, 3.63) is 53.7 Å². The predicted octanol–water partition coefficient (Wildman–Crippen LogP) is 4.71. The van der Waals surface area contributed by atoms with Crippen molar-refractivity contribution in [2.75, 3.05) is 34.3 Å². The van der Waals surface area contributed by atoms with Crippen LogP contribution in [0.25, 0.3) is 0 Å². The molecule has 1 aliphatic carbocycles. The molecule has 34 heavy (non-hydrogen) atoms. The second kappa shape index (κ2) is 11.2. The number of likely N-dealkylation sites (N-methyl/N-ethyl adjacent to an activating group) is 1. The van der Waals surface area contributed by atoms with Crippen molar-refractivity contribution in [3.8, 4) is 11.6 Å². The topological polar surface area (TPSA) is 54.9 Å². The molecule has 0 N–H and O–H groups in total. The van der Waals surface area contributed by atoms with Crippen molar-refractivity contribution in [3.63, 3.8) is 0 Å². The Hall–Kier alpha value is -2.60. The summed E-state index contributed by atoms with van der Waals surface area (Å²) in [7, 11) is 5.34. The van der Waals surface area contributed by atoms with Crippen molar-refractivity contribution in [2.24, 2.45) is 5.92 Å². The molecule has 2 aromatic rings. The Labute approximate surface area is 204 Å². The number of para-hydroxylation sites is 1. The van der Waals surface area contributed by atoms with E-state index in [0.717, 1.165) is 75.4 Å². The molecule has 2 heterocycles. The first-order valence-electron chi connectivity index (χ1n) is 12.7. The molecule has 0 atom stereocenters. The number of carbonyl (C=O) groups is 1. The Morgan fingerprint density at radius 1 is 1.09 bits per heavy atom. The van der Waals surface area contributed by atoms with Gasteiger partial charge in [0.25, 0.3) is 5.91 Å². The fourth-order valence-corrected chi connectivity index (χ4v) is 5.50. The fourth-order valence-electron chi connectivity index (χ4n) is 5.50. The van der Waals surface area contributed by atoms with Gasteiger partial charge in [0.15, 0.2) is 5.60 Å². The van der Waals surface area contributed by atoms with Gasteiger partial charge in [-0.2, -0.15) is 0 Å². The highest BCUT2D eigenvalue weighted by Crippen LogP contribution is 2.37. The summed E-state index contributed by atoms with van der Waals surface area (Å²) in [5.41, 5.74) is 1.68. The van der Waals surface area contributed by atoms with Gasteiger partial charge in [-0.25, -0.2) is 4.98 Å². The molecule has 0 bridgehead atoms. The summed E-state index contributed by atoms with van der Waals surface area (Å²) in [6, 6.07) is 12.4. The SMILES string of the molecule is COc1ncccc1CN1CCC(CCc2ccccc2OC2(C(=O)N(C)C)CCCC2)CC1. The second-order valence-corrected chi connectivity index (χ2v) is 10.0. The molecule has 0 spiro atoms. The van der Waals surface area contributed by atoms with Crippen molar-refractivity contribution in [2.45, 2.75) is 63.5 Å². The van der Waals surface area contributed by atoms with Crippen LogP contribution in [0.2, 0.25) is 0 Å². The summed E-state index contributed by atoms with van der Waals surface area (Å²) >= 11 is 0. The molecule has 6 heteroatoms. The molecule has 0 unspecified atom stereocenters. The van der Waals surface area contributed by atoms with Crippen LogP contribution in [-0.2, 0) is 17.8 Å². The van der Waals surface area contributed by atoms with Crippen LogP contribution in [-0.4, -0.2) is 60.6 Å². The minimum absolute atomic E-state index is 0.0948. The monoisotopic (exact) mass is 465 g/mol. The van der Waals surface area contributed by atoms with Crippen LogP contribution in [0.4, 0.5) is 0 Å². The van der Waals surface area contributed by atoms with Crippen LogP contribution >= 0.6 is 0 Å². The van der Waals surface area contributed by atoms with Crippen molar-refractivity contribution in [1.82, 2.24) is 14.8 Å². The third-order valence-corrected chi connectivity index (χ3v) is 7.45. The van der Waals surface area contributed by atoms with E-state index in [0.29, 0.717) is 5.92 Å². The number of hydrogen-bond acceptors (Lipinski definition) is 5. The molecule has 2 fully saturated rings. The van der Waals surface area contributed by atoms with Gasteiger partial charge in [-0.05, 0) is 88.1 Å². The third-order valence-electron chi connectivity index (χ3n) is 7.45. The molecule has 1 saturated heterocycles. The van der Waals surface area contributed by atoms with Crippen LogP contribution in [0.15, 0.2) is 42.6 Å². The molecule has 1 saturated carbocycles. The third kappa shape index (κ3) is 5.72. The molecule has 1 amide bonds. The lowest BCUT2D eigenvalue weighted by Crippen LogP contribution is -2.48. The number of amides is 1. The Bertz CT molecular complexity index is 947. The summed E-state index contributed by atoms with van der Waals surface area (Å²) in [6.07, 6.45) is 10.0. The van der Waals surface area contributed by atoms with E-state index >= 15 is 0 Å². The quantitative estimate of drug-likeness (QED) is 0.537. The molecule has 1 aliphatic heterocycles. The number of nitrogens with zero attached hydrogens (tertiary/aromatic N) is 3. The smallest absolute Gasteiger partial charge is 0.266 e. The maximum atomic E-state index is 13.0. The number of benzene rings is 1. The normalized spacial score (nSPS) is 18.6. The van der Waals surface area contributed by atoms with Crippen molar-refractivity contribution in [1.29, 1.82) is 0 Å². The van der Waals surface area contributed by atoms with Crippen LogP contribution in [0, 0.1) is 5.92 Å². The number of aryl methyl sites for hydroxylation is 1. The zero-order chi connectivity index (χ0) is 24.0. The van der Waals surface area contributed by atoms with Gasteiger partial charge in [-0.15, -0.1) is 0 Å². The number of carbonyl (C=O) groups excluding carboxylic acids is 1. The number of ether oxygens (including phenoxy) is 2. The van der Waals surface area contributed by atoms with E-state index < -0.39 is 5.60 Å². The van der Waals surface area contributed by atoms with Gasteiger partial charge in [0.05, 0.1) is 7.11 Å². The standard InChI is InChI=1S/C28H39N3O3/c1-30(2)27(32)28(16-6-7-17-28)34-25-11-5-4-9-23(25)13-12-22-14-19-31(20-15-22)21-24-10-8-18-29-26(24)33-3/h4-5,8-11,18,22H,6-7,12-17,19-21H2,1-3H3. The zero-order valence-electron chi connectivity index (χ0n) is 21.0. The van der Waals surface area contributed by atoms with Crippen molar-refractivity contribution >= 4 is 5.91 Å².